The molecule has 0 saturated carbocycles. The van der Waals surface area contributed by atoms with Gasteiger partial charge in [0, 0.05) is 9.75 Å². The lowest BCUT2D eigenvalue weighted by molar-refractivity contribution is 0.412. The highest BCUT2D eigenvalue weighted by molar-refractivity contribution is 9.10. The first kappa shape index (κ1) is 15.4. The summed E-state index contributed by atoms with van der Waals surface area (Å²) in [6.45, 7) is 0. The Hall–Kier alpha value is -0.510. The number of alkyl halides is 1. The SMILES string of the molecule is COc1ccc(C(Cl)c2cc3c(s2)CCCCC3)cc1Br. The number of ether oxygens (including phenoxy) is 1. The Morgan fingerprint density at radius 1 is 1.19 bits per heavy atom. The molecule has 1 aromatic carbocycles. The van der Waals surface area contributed by atoms with Crippen LogP contribution in [0.4, 0.5) is 0 Å². The third-order valence-electron chi connectivity index (χ3n) is 3.98. The molecule has 1 nitrogen and oxygen atoms in total. The summed E-state index contributed by atoms with van der Waals surface area (Å²) in [4.78, 5) is 2.81. The molecular formula is C17H18BrClOS. The zero-order valence-corrected chi connectivity index (χ0v) is 15.2. The lowest BCUT2D eigenvalue weighted by atomic mass is 10.1. The van der Waals surface area contributed by atoms with Crippen LogP contribution in [0.3, 0.4) is 0 Å². The summed E-state index contributed by atoms with van der Waals surface area (Å²) in [5.74, 6) is 0.838. The van der Waals surface area contributed by atoms with E-state index in [9.17, 15) is 0 Å². The van der Waals surface area contributed by atoms with E-state index in [1.807, 2.05) is 23.5 Å². The molecule has 1 aliphatic carbocycles. The van der Waals surface area contributed by atoms with Gasteiger partial charge in [-0.15, -0.1) is 22.9 Å². The van der Waals surface area contributed by atoms with Crippen LogP contribution < -0.4 is 4.74 Å². The van der Waals surface area contributed by atoms with Crippen LogP contribution in [-0.4, -0.2) is 7.11 Å². The van der Waals surface area contributed by atoms with Crippen LogP contribution in [-0.2, 0) is 12.8 Å². The van der Waals surface area contributed by atoms with Gasteiger partial charge in [-0.2, -0.15) is 0 Å². The highest BCUT2D eigenvalue weighted by Gasteiger charge is 2.19. The minimum atomic E-state index is -0.0795. The number of rotatable bonds is 3. The number of halogens is 2. The highest BCUT2D eigenvalue weighted by atomic mass is 79.9. The second-order valence-electron chi connectivity index (χ2n) is 5.41. The van der Waals surface area contributed by atoms with E-state index in [0.29, 0.717) is 0 Å². The average molecular weight is 386 g/mol. The van der Waals surface area contributed by atoms with Crippen molar-refractivity contribution in [2.24, 2.45) is 0 Å². The average Bonchev–Trinajstić information content (AvgIpc) is 2.77. The molecule has 1 aliphatic rings. The standard InChI is InChI=1S/C17H18BrClOS/c1-20-14-8-7-12(9-13(14)18)17(19)16-10-11-5-3-2-4-6-15(11)21-16/h7-10,17H,2-6H2,1H3. The molecule has 1 heterocycles. The van der Waals surface area contributed by atoms with Crippen LogP contribution in [0.15, 0.2) is 28.7 Å². The Bertz CT molecular complexity index is 614. The Labute approximate surface area is 143 Å². The van der Waals surface area contributed by atoms with E-state index in [-0.39, 0.29) is 5.38 Å². The third-order valence-corrected chi connectivity index (χ3v) is 6.52. The number of hydrogen-bond acceptors (Lipinski definition) is 2. The molecule has 0 N–H and O–H groups in total. The summed E-state index contributed by atoms with van der Waals surface area (Å²) in [5.41, 5.74) is 2.63. The van der Waals surface area contributed by atoms with Crippen LogP contribution in [0.1, 0.15) is 45.5 Å². The molecule has 0 aliphatic heterocycles. The van der Waals surface area contributed by atoms with Crippen LogP contribution in [0.2, 0.25) is 0 Å². The van der Waals surface area contributed by atoms with Crippen molar-refractivity contribution in [2.45, 2.75) is 37.5 Å². The summed E-state index contributed by atoms with van der Waals surface area (Å²) in [5, 5.41) is -0.0795. The second kappa shape index (κ2) is 6.72. The second-order valence-corrected chi connectivity index (χ2v) is 7.87. The van der Waals surface area contributed by atoms with Gasteiger partial charge in [0.25, 0.3) is 0 Å². The van der Waals surface area contributed by atoms with Crippen molar-refractivity contribution in [1.29, 1.82) is 0 Å². The molecular weight excluding hydrogens is 368 g/mol. The molecule has 3 rings (SSSR count). The van der Waals surface area contributed by atoms with Crippen molar-refractivity contribution >= 4 is 38.9 Å². The molecule has 1 aromatic heterocycles. The van der Waals surface area contributed by atoms with Gasteiger partial charge in [0.1, 0.15) is 5.75 Å². The summed E-state index contributed by atoms with van der Waals surface area (Å²) in [7, 11) is 1.67. The number of aryl methyl sites for hydroxylation is 2. The van der Waals surface area contributed by atoms with E-state index in [1.165, 1.54) is 42.5 Å². The van der Waals surface area contributed by atoms with E-state index < -0.39 is 0 Å². The predicted molar refractivity (Wildman–Crippen MR) is 94.0 cm³/mol. The van der Waals surface area contributed by atoms with E-state index in [2.05, 4.69) is 28.1 Å². The van der Waals surface area contributed by atoms with Crippen molar-refractivity contribution in [1.82, 2.24) is 0 Å². The molecule has 0 amide bonds. The maximum absolute atomic E-state index is 6.71. The molecule has 1 unspecified atom stereocenters. The van der Waals surface area contributed by atoms with Crippen molar-refractivity contribution in [3.8, 4) is 5.75 Å². The first-order valence-electron chi connectivity index (χ1n) is 7.28. The van der Waals surface area contributed by atoms with E-state index >= 15 is 0 Å². The van der Waals surface area contributed by atoms with Crippen LogP contribution >= 0.6 is 38.9 Å². The minimum absolute atomic E-state index is 0.0795. The molecule has 0 radical (unpaired) electrons. The first-order valence-corrected chi connectivity index (χ1v) is 9.32. The molecule has 112 valence electrons. The zero-order chi connectivity index (χ0) is 14.8. The largest absolute Gasteiger partial charge is 0.496 e. The Kier molecular flexibility index (Phi) is 4.92. The molecule has 2 aromatic rings. The Morgan fingerprint density at radius 2 is 2.00 bits per heavy atom. The summed E-state index contributed by atoms with van der Waals surface area (Å²) >= 11 is 12.1. The van der Waals surface area contributed by atoms with Gasteiger partial charge in [0.2, 0.25) is 0 Å². The zero-order valence-electron chi connectivity index (χ0n) is 12.0. The molecule has 0 saturated heterocycles. The smallest absolute Gasteiger partial charge is 0.133 e. The minimum Gasteiger partial charge on any atom is -0.496 e. The Balaban J connectivity index is 1.88. The normalized spacial score (nSPS) is 16.1. The molecule has 0 fully saturated rings. The van der Waals surface area contributed by atoms with Gasteiger partial charge in [-0.25, -0.2) is 0 Å². The fourth-order valence-electron chi connectivity index (χ4n) is 2.82. The van der Waals surface area contributed by atoms with Crippen LogP contribution in [0.25, 0.3) is 0 Å². The third kappa shape index (κ3) is 3.30. The summed E-state index contributed by atoms with van der Waals surface area (Å²) in [6, 6.07) is 8.39. The molecule has 4 heteroatoms. The number of methoxy groups -OCH3 is 1. The van der Waals surface area contributed by atoms with Crippen LogP contribution in [0, 0.1) is 0 Å². The van der Waals surface area contributed by atoms with Crippen molar-refractivity contribution in [3.63, 3.8) is 0 Å². The van der Waals surface area contributed by atoms with Gasteiger partial charge in [-0.05, 0) is 70.9 Å². The van der Waals surface area contributed by atoms with Crippen molar-refractivity contribution < 1.29 is 4.74 Å². The number of hydrogen-bond donors (Lipinski definition) is 0. The first-order chi connectivity index (χ1) is 10.2. The monoisotopic (exact) mass is 384 g/mol. The lowest BCUT2D eigenvalue weighted by Crippen LogP contribution is -1.92. The number of fused-ring (bicyclic) bond motifs is 1. The molecule has 0 spiro atoms. The maximum atomic E-state index is 6.71. The van der Waals surface area contributed by atoms with Gasteiger partial charge >= 0.3 is 0 Å². The summed E-state index contributed by atoms with van der Waals surface area (Å²) < 4.78 is 6.23. The molecule has 1 atom stereocenters. The highest BCUT2D eigenvalue weighted by Crippen LogP contribution is 2.39. The van der Waals surface area contributed by atoms with Crippen LogP contribution in [0.5, 0.6) is 5.75 Å². The number of thiophene rings is 1. The summed E-state index contributed by atoms with van der Waals surface area (Å²) in [6.07, 6.45) is 6.41. The van der Waals surface area contributed by atoms with Crippen molar-refractivity contribution in [3.05, 3.63) is 49.6 Å². The fraction of sp³-hybridized carbons (Fsp3) is 0.412. The van der Waals surface area contributed by atoms with Gasteiger partial charge < -0.3 is 4.74 Å². The van der Waals surface area contributed by atoms with E-state index in [1.54, 1.807) is 12.0 Å². The van der Waals surface area contributed by atoms with E-state index in [4.69, 9.17) is 16.3 Å². The fourth-order valence-corrected chi connectivity index (χ4v) is 4.97. The number of benzene rings is 1. The quantitative estimate of drug-likeness (QED) is 0.457. The molecule has 0 bridgehead atoms. The van der Waals surface area contributed by atoms with E-state index in [0.717, 1.165) is 15.8 Å². The van der Waals surface area contributed by atoms with Crippen molar-refractivity contribution in [2.75, 3.05) is 7.11 Å². The maximum Gasteiger partial charge on any atom is 0.133 e. The van der Waals surface area contributed by atoms with Gasteiger partial charge in [-0.3, -0.25) is 0 Å². The Morgan fingerprint density at radius 3 is 2.76 bits per heavy atom. The van der Waals surface area contributed by atoms with Gasteiger partial charge in [0.15, 0.2) is 0 Å². The topological polar surface area (TPSA) is 9.23 Å². The lowest BCUT2D eigenvalue weighted by Gasteiger charge is -2.10. The molecule has 21 heavy (non-hydrogen) atoms. The van der Waals surface area contributed by atoms with Gasteiger partial charge in [-0.1, -0.05) is 12.5 Å². The van der Waals surface area contributed by atoms with Gasteiger partial charge in [0.05, 0.1) is 17.0 Å². The predicted octanol–water partition coefficient (Wildman–Crippen LogP) is 6.12.